The fourth-order valence-electron chi connectivity index (χ4n) is 2.14. The quantitative estimate of drug-likeness (QED) is 0.686. The molecule has 2 heterocycles. The predicted octanol–water partition coefficient (Wildman–Crippen LogP) is 3.32. The van der Waals surface area contributed by atoms with E-state index in [1.807, 2.05) is 37.5 Å². The van der Waals surface area contributed by atoms with Crippen molar-refractivity contribution in [1.29, 1.82) is 0 Å². The Hall–Kier alpha value is -1.33. The van der Waals surface area contributed by atoms with Gasteiger partial charge < -0.3 is 4.57 Å². The molecule has 0 aliphatic rings. The number of alkyl halides is 1. The van der Waals surface area contributed by atoms with Crippen molar-refractivity contribution in [3.63, 3.8) is 0 Å². The molecule has 0 N–H and O–H groups in total. The van der Waals surface area contributed by atoms with E-state index in [0.717, 1.165) is 27.0 Å². The molecule has 0 radical (unpaired) electrons. The van der Waals surface area contributed by atoms with Crippen molar-refractivity contribution >= 4 is 38.6 Å². The number of fused-ring (bicyclic) bond motifs is 1. The summed E-state index contributed by atoms with van der Waals surface area (Å²) in [5, 5.41) is 4.40. The third-order valence-corrected chi connectivity index (χ3v) is 3.73. The fourth-order valence-corrected chi connectivity index (χ4v) is 2.69. The topological polar surface area (TPSA) is 35.6 Å². The molecule has 3 rings (SSSR count). The van der Waals surface area contributed by atoms with E-state index >= 15 is 0 Å². The Kier molecular flexibility index (Phi) is 3.33. The highest BCUT2D eigenvalue weighted by Crippen LogP contribution is 2.22. The zero-order chi connectivity index (χ0) is 13.4. The molecule has 0 aliphatic heterocycles. The van der Waals surface area contributed by atoms with Crippen LogP contribution in [0.25, 0.3) is 11.0 Å². The average Bonchev–Trinajstić information content (AvgIpc) is 2.94. The first-order valence-electron chi connectivity index (χ1n) is 5.86. The van der Waals surface area contributed by atoms with E-state index in [0.29, 0.717) is 12.4 Å². The van der Waals surface area contributed by atoms with Crippen molar-refractivity contribution in [2.75, 3.05) is 0 Å². The highest BCUT2D eigenvalue weighted by atomic mass is 79.9. The zero-order valence-corrected chi connectivity index (χ0v) is 12.7. The average molecular weight is 340 g/mol. The van der Waals surface area contributed by atoms with E-state index in [1.54, 1.807) is 4.68 Å². The van der Waals surface area contributed by atoms with Gasteiger partial charge >= 0.3 is 0 Å². The van der Waals surface area contributed by atoms with Crippen LogP contribution in [0.3, 0.4) is 0 Å². The standard InChI is InChI=1S/C13H12BrClN4/c1-18-5-4-10(17-18)8-19-12-3-2-9(14)6-11(12)16-13(19)7-15/h2-6H,7-8H2,1H3. The van der Waals surface area contributed by atoms with Crippen LogP contribution in [0.5, 0.6) is 0 Å². The van der Waals surface area contributed by atoms with E-state index in [-0.39, 0.29) is 0 Å². The van der Waals surface area contributed by atoms with Crippen molar-refractivity contribution in [3.05, 3.63) is 46.5 Å². The van der Waals surface area contributed by atoms with Gasteiger partial charge in [0.05, 0.1) is 29.2 Å². The number of aryl methyl sites for hydroxylation is 1. The number of aromatic nitrogens is 4. The highest BCUT2D eigenvalue weighted by molar-refractivity contribution is 9.10. The van der Waals surface area contributed by atoms with Crippen LogP contribution in [0.2, 0.25) is 0 Å². The summed E-state index contributed by atoms with van der Waals surface area (Å²) in [6, 6.07) is 8.06. The van der Waals surface area contributed by atoms with Gasteiger partial charge in [-0.25, -0.2) is 4.98 Å². The van der Waals surface area contributed by atoms with Crippen molar-refractivity contribution in [1.82, 2.24) is 19.3 Å². The van der Waals surface area contributed by atoms with Gasteiger partial charge in [0.25, 0.3) is 0 Å². The summed E-state index contributed by atoms with van der Waals surface area (Å²) in [6.45, 7) is 0.682. The summed E-state index contributed by atoms with van der Waals surface area (Å²) in [4.78, 5) is 4.56. The summed E-state index contributed by atoms with van der Waals surface area (Å²) >= 11 is 9.45. The van der Waals surface area contributed by atoms with Gasteiger partial charge in [0, 0.05) is 17.7 Å². The Morgan fingerprint density at radius 1 is 1.32 bits per heavy atom. The van der Waals surface area contributed by atoms with Crippen molar-refractivity contribution < 1.29 is 0 Å². The summed E-state index contributed by atoms with van der Waals surface area (Å²) in [7, 11) is 1.91. The van der Waals surface area contributed by atoms with Crippen LogP contribution >= 0.6 is 27.5 Å². The lowest BCUT2D eigenvalue weighted by Gasteiger charge is -2.05. The maximum atomic E-state index is 5.99. The van der Waals surface area contributed by atoms with Crippen molar-refractivity contribution in [2.24, 2.45) is 7.05 Å². The molecule has 2 aromatic heterocycles. The number of hydrogen-bond donors (Lipinski definition) is 0. The second kappa shape index (κ2) is 4.98. The lowest BCUT2D eigenvalue weighted by Crippen LogP contribution is -2.05. The smallest absolute Gasteiger partial charge is 0.125 e. The van der Waals surface area contributed by atoms with Crippen molar-refractivity contribution in [3.8, 4) is 0 Å². The Balaban J connectivity index is 2.10. The first kappa shape index (κ1) is 12.7. The molecular formula is C13H12BrClN4. The molecule has 0 spiro atoms. The second-order valence-corrected chi connectivity index (χ2v) is 5.54. The first-order valence-corrected chi connectivity index (χ1v) is 7.19. The maximum absolute atomic E-state index is 5.99. The molecule has 4 nitrogen and oxygen atoms in total. The van der Waals surface area contributed by atoms with Gasteiger partial charge in [-0.2, -0.15) is 5.10 Å². The lowest BCUT2D eigenvalue weighted by atomic mass is 10.3. The highest BCUT2D eigenvalue weighted by Gasteiger charge is 2.11. The number of imidazole rings is 1. The van der Waals surface area contributed by atoms with E-state index in [2.05, 4.69) is 30.6 Å². The molecule has 0 amide bonds. The number of halogens is 2. The molecule has 0 unspecified atom stereocenters. The van der Waals surface area contributed by atoms with Crippen LogP contribution in [0.4, 0.5) is 0 Å². The van der Waals surface area contributed by atoms with Crippen LogP contribution in [0.1, 0.15) is 11.5 Å². The minimum Gasteiger partial charge on any atom is -0.321 e. The van der Waals surface area contributed by atoms with Crippen LogP contribution in [0, 0.1) is 0 Å². The van der Waals surface area contributed by atoms with Crippen LogP contribution in [0.15, 0.2) is 34.9 Å². The normalized spacial score (nSPS) is 11.3. The third kappa shape index (κ3) is 2.40. The Bertz CT molecular complexity index is 731. The molecule has 6 heteroatoms. The van der Waals surface area contributed by atoms with Gasteiger partial charge in [-0.1, -0.05) is 15.9 Å². The lowest BCUT2D eigenvalue weighted by molar-refractivity contribution is 0.701. The largest absolute Gasteiger partial charge is 0.321 e. The van der Waals surface area contributed by atoms with Gasteiger partial charge in [0.15, 0.2) is 0 Å². The van der Waals surface area contributed by atoms with Crippen LogP contribution in [-0.2, 0) is 19.5 Å². The number of benzene rings is 1. The van der Waals surface area contributed by atoms with E-state index in [1.165, 1.54) is 0 Å². The molecule has 0 fully saturated rings. The van der Waals surface area contributed by atoms with Gasteiger partial charge in [-0.05, 0) is 24.3 Å². The third-order valence-electron chi connectivity index (χ3n) is 3.00. The SMILES string of the molecule is Cn1ccc(Cn2c(CCl)nc3cc(Br)ccc32)n1. The number of nitrogens with zero attached hydrogens (tertiary/aromatic N) is 4. The van der Waals surface area contributed by atoms with Crippen LogP contribution in [-0.4, -0.2) is 19.3 Å². The number of hydrogen-bond acceptors (Lipinski definition) is 2. The Morgan fingerprint density at radius 3 is 2.84 bits per heavy atom. The summed E-state index contributed by atoms with van der Waals surface area (Å²) in [5.41, 5.74) is 3.02. The first-order chi connectivity index (χ1) is 9.17. The summed E-state index contributed by atoms with van der Waals surface area (Å²) in [5.74, 6) is 1.25. The van der Waals surface area contributed by atoms with E-state index in [4.69, 9.17) is 11.6 Å². The molecule has 0 saturated heterocycles. The monoisotopic (exact) mass is 338 g/mol. The van der Waals surface area contributed by atoms with Gasteiger partial charge in [-0.3, -0.25) is 4.68 Å². The predicted molar refractivity (Wildman–Crippen MR) is 79.3 cm³/mol. The molecule has 0 atom stereocenters. The van der Waals surface area contributed by atoms with Crippen molar-refractivity contribution in [2.45, 2.75) is 12.4 Å². The summed E-state index contributed by atoms with van der Waals surface area (Å²) in [6.07, 6.45) is 1.94. The van der Waals surface area contributed by atoms with Gasteiger partial charge in [0.2, 0.25) is 0 Å². The fraction of sp³-hybridized carbons (Fsp3) is 0.231. The Labute approximate surface area is 124 Å². The Morgan fingerprint density at radius 2 is 2.16 bits per heavy atom. The molecule has 98 valence electrons. The molecular weight excluding hydrogens is 328 g/mol. The minimum absolute atomic E-state index is 0.388. The molecule has 0 bridgehead atoms. The second-order valence-electron chi connectivity index (χ2n) is 4.36. The molecule has 0 saturated carbocycles. The van der Waals surface area contributed by atoms with Crippen LogP contribution < -0.4 is 0 Å². The summed E-state index contributed by atoms with van der Waals surface area (Å²) < 4.78 is 4.92. The minimum atomic E-state index is 0.388. The van der Waals surface area contributed by atoms with E-state index < -0.39 is 0 Å². The van der Waals surface area contributed by atoms with Gasteiger partial charge in [-0.15, -0.1) is 11.6 Å². The van der Waals surface area contributed by atoms with E-state index in [9.17, 15) is 0 Å². The molecule has 0 aliphatic carbocycles. The zero-order valence-electron chi connectivity index (χ0n) is 10.3. The van der Waals surface area contributed by atoms with Gasteiger partial charge in [0.1, 0.15) is 5.82 Å². The molecule has 19 heavy (non-hydrogen) atoms. The molecule has 3 aromatic rings. The maximum Gasteiger partial charge on any atom is 0.125 e. The number of rotatable bonds is 3. The molecule has 1 aromatic carbocycles.